The topological polar surface area (TPSA) is 91.5 Å². The fourth-order valence-corrected chi connectivity index (χ4v) is 3.62. The summed E-state index contributed by atoms with van der Waals surface area (Å²) in [6.45, 7) is 0.699. The van der Waals surface area contributed by atoms with Gasteiger partial charge < -0.3 is 21.1 Å². The number of hydrogen-bond donors (Lipinski definition) is 3. The molecule has 1 atom stereocenters. The maximum absolute atomic E-state index is 12.5. The summed E-state index contributed by atoms with van der Waals surface area (Å²) >= 11 is 1.32. The predicted octanol–water partition coefficient (Wildman–Crippen LogP) is 1.29. The number of carbonyl (C=O) groups excluding carboxylic acids is 1. The maximum atomic E-state index is 12.5. The van der Waals surface area contributed by atoms with Crippen LogP contribution in [0.3, 0.4) is 0 Å². The number of aromatic nitrogens is 1. The van der Waals surface area contributed by atoms with Crippen LogP contribution >= 0.6 is 11.3 Å². The average Bonchev–Trinajstić information content (AvgIpc) is 2.99. The zero-order valence-corrected chi connectivity index (χ0v) is 12.2. The molecule has 6 nitrogen and oxygen atoms in total. The molecule has 1 aliphatic carbocycles. The first-order valence-corrected chi connectivity index (χ1v) is 7.95. The number of hydrogen-bond acceptors (Lipinski definition) is 6. The third kappa shape index (κ3) is 2.47. The van der Waals surface area contributed by atoms with Gasteiger partial charge in [-0.1, -0.05) is 11.3 Å². The van der Waals surface area contributed by atoms with E-state index in [2.05, 4.69) is 10.3 Å². The lowest BCUT2D eigenvalue weighted by atomic mass is 9.93. The van der Waals surface area contributed by atoms with E-state index in [0.29, 0.717) is 23.3 Å². The molecule has 1 aliphatic heterocycles. The zero-order valence-electron chi connectivity index (χ0n) is 11.3. The number of nitrogens with one attached hydrogen (secondary N) is 1. The highest BCUT2D eigenvalue weighted by Gasteiger charge is 2.31. The molecule has 1 amide bonds. The number of carbonyl (C=O) groups is 1. The van der Waals surface area contributed by atoms with Crippen molar-refractivity contribution < 1.29 is 9.90 Å². The van der Waals surface area contributed by atoms with E-state index in [4.69, 9.17) is 5.73 Å². The highest BCUT2D eigenvalue weighted by molar-refractivity contribution is 7.18. The Morgan fingerprint density at radius 2 is 2.25 bits per heavy atom. The van der Waals surface area contributed by atoms with Crippen LogP contribution in [0.25, 0.3) is 0 Å². The van der Waals surface area contributed by atoms with Crippen LogP contribution in [0.1, 0.15) is 41.8 Å². The molecule has 0 bridgehead atoms. The molecule has 2 fully saturated rings. The van der Waals surface area contributed by atoms with Crippen molar-refractivity contribution in [2.24, 2.45) is 0 Å². The lowest BCUT2D eigenvalue weighted by molar-refractivity contribution is 0.0683. The Hall–Kier alpha value is -1.34. The molecule has 4 N–H and O–H groups in total. The molecule has 3 rings (SSSR count). The Morgan fingerprint density at radius 3 is 2.90 bits per heavy atom. The van der Waals surface area contributed by atoms with Crippen molar-refractivity contribution in [3.05, 3.63) is 4.88 Å². The SMILES string of the molecule is Nc1nc(NC2CCC2)sc1C(=O)N1CCCC1CO. The van der Waals surface area contributed by atoms with E-state index in [1.165, 1.54) is 17.8 Å². The average molecular weight is 296 g/mol. The first-order valence-electron chi connectivity index (χ1n) is 7.13. The molecule has 1 saturated heterocycles. The first kappa shape index (κ1) is 13.6. The minimum absolute atomic E-state index is 0.0115. The molecule has 0 radical (unpaired) electrons. The van der Waals surface area contributed by atoms with Gasteiger partial charge in [-0.2, -0.15) is 0 Å². The van der Waals surface area contributed by atoms with Gasteiger partial charge in [0, 0.05) is 12.6 Å². The standard InChI is InChI=1S/C13H20N4O2S/c14-11-10(12(19)17-6-2-5-9(17)7-18)20-13(16-11)15-8-3-1-4-8/h8-9,18H,1-7,14H2,(H,15,16). The lowest BCUT2D eigenvalue weighted by Gasteiger charge is -2.25. The summed E-state index contributed by atoms with van der Waals surface area (Å²) < 4.78 is 0. The number of aliphatic hydroxyl groups excluding tert-OH is 1. The second-order valence-electron chi connectivity index (χ2n) is 5.48. The van der Waals surface area contributed by atoms with Crippen LogP contribution in [0.4, 0.5) is 10.9 Å². The van der Waals surface area contributed by atoms with E-state index < -0.39 is 0 Å². The molecule has 1 saturated carbocycles. The largest absolute Gasteiger partial charge is 0.394 e. The molecule has 1 unspecified atom stereocenters. The van der Waals surface area contributed by atoms with Crippen LogP contribution in [-0.4, -0.2) is 46.1 Å². The van der Waals surface area contributed by atoms with Crippen LogP contribution in [0, 0.1) is 0 Å². The molecular formula is C13H20N4O2S. The number of likely N-dealkylation sites (tertiary alicyclic amines) is 1. The number of rotatable bonds is 4. The van der Waals surface area contributed by atoms with Gasteiger partial charge in [-0.05, 0) is 32.1 Å². The Bertz CT molecular complexity index is 501. The quantitative estimate of drug-likeness (QED) is 0.778. The van der Waals surface area contributed by atoms with Gasteiger partial charge in [0.25, 0.3) is 5.91 Å². The van der Waals surface area contributed by atoms with E-state index in [-0.39, 0.29) is 18.6 Å². The number of nitrogens with zero attached hydrogens (tertiary/aromatic N) is 2. The van der Waals surface area contributed by atoms with Gasteiger partial charge in [-0.3, -0.25) is 4.79 Å². The third-order valence-electron chi connectivity index (χ3n) is 4.13. The fourth-order valence-electron chi connectivity index (χ4n) is 2.70. The van der Waals surface area contributed by atoms with Crippen LogP contribution in [0.15, 0.2) is 0 Å². The minimum atomic E-state index is -0.0989. The second kappa shape index (κ2) is 5.57. The van der Waals surface area contributed by atoms with Crippen LogP contribution in [0.2, 0.25) is 0 Å². The Balaban J connectivity index is 1.73. The Kier molecular flexibility index (Phi) is 3.80. The molecule has 7 heteroatoms. The summed E-state index contributed by atoms with van der Waals surface area (Å²) in [4.78, 5) is 19.0. The Morgan fingerprint density at radius 1 is 1.45 bits per heavy atom. The van der Waals surface area contributed by atoms with Gasteiger partial charge in [0.05, 0.1) is 12.6 Å². The number of thiazole rings is 1. The second-order valence-corrected chi connectivity index (χ2v) is 6.48. The van der Waals surface area contributed by atoms with E-state index in [9.17, 15) is 9.90 Å². The van der Waals surface area contributed by atoms with Crippen molar-refractivity contribution in [1.82, 2.24) is 9.88 Å². The highest BCUT2D eigenvalue weighted by Crippen LogP contribution is 2.31. The third-order valence-corrected chi connectivity index (χ3v) is 5.12. The summed E-state index contributed by atoms with van der Waals surface area (Å²) in [6, 6.07) is 0.396. The van der Waals surface area contributed by atoms with E-state index in [0.717, 1.165) is 30.8 Å². The minimum Gasteiger partial charge on any atom is -0.394 e. The highest BCUT2D eigenvalue weighted by atomic mass is 32.1. The maximum Gasteiger partial charge on any atom is 0.268 e. The number of nitrogen functional groups attached to an aromatic ring is 1. The van der Waals surface area contributed by atoms with Gasteiger partial charge in [0.15, 0.2) is 5.13 Å². The van der Waals surface area contributed by atoms with Crippen molar-refractivity contribution in [3.8, 4) is 0 Å². The van der Waals surface area contributed by atoms with E-state index in [1.807, 2.05) is 0 Å². The molecule has 1 aromatic heterocycles. The van der Waals surface area contributed by atoms with Crippen molar-refractivity contribution in [2.75, 3.05) is 24.2 Å². The lowest BCUT2D eigenvalue weighted by Crippen LogP contribution is -2.37. The fraction of sp³-hybridized carbons (Fsp3) is 0.692. The molecule has 2 aliphatic rings. The molecule has 0 spiro atoms. The van der Waals surface area contributed by atoms with Crippen LogP contribution < -0.4 is 11.1 Å². The number of aliphatic hydroxyl groups is 1. The van der Waals surface area contributed by atoms with Gasteiger partial charge in [0.2, 0.25) is 0 Å². The molecule has 110 valence electrons. The van der Waals surface area contributed by atoms with Crippen LogP contribution in [-0.2, 0) is 0 Å². The summed E-state index contributed by atoms with van der Waals surface area (Å²) in [5, 5.41) is 13.4. The summed E-state index contributed by atoms with van der Waals surface area (Å²) in [6.07, 6.45) is 5.34. The first-order chi connectivity index (χ1) is 9.69. The van der Waals surface area contributed by atoms with Crippen molar-refractivity contribution in [2.45, 2.75) is 44.2 Å². The van der Waals surface area contributed by atoms with Crippen LogP contribution in [0.5, 0.6) is 0 Å². The van der Waals surface area contributed by atoms with E-state index >= 15 is 0 Å². The summed E-state index contributed by atoms with van der Waals surface area (Å²) in [7, 11) is 0. The zero-order chi connectivity index (χ0) is 14.1. The predicted molar refractivity (Wildman–Crippen MR) is 78.9 cm³/mol. The normalized spacial score (nSPS) is 22.9. The number of amides is 1. The Labute approximate surface area is 122 Å². The van der Waals surface area contributed by atoms with Gasteiger partial charge >= 0.3 is 0 Å². The monoisotopic (exact) mass is 296 g/mol. The van der Waals surface area contributed by atoms with Gasteiger partial charge in [-0.15, -0.1) is 0 Å². The molecule has 0 aromatic carbocycles. The molecule has 1 aromatic rings. The van der Waals surface area contributed by atoms with Crippen molar-refractivity contribution >= 4 is 28.2 Å². The van der Waals surface area contributed by atoms with Gasteiger partial charge in [0.1, 0.15) is 10.7 Å². The molecular weight excluding hydrogens is 276 g/mol. The molecule has 20 heavy (non-hydrogen) atoms. The summed E-state index contributed by atoms with van der Waals surface area (Å²) in [5.74, 6) is 0.198. The van der Waals surface area contributed by atoms with E-state index in [1.54, 1.807) is 4.90 Å². The number of nitrogens with two attached hydrogens (primary N) is 1. The summed E-state index contributed by atoms with van der Waals surface area (Å²) in [5.41, 5.74) is 5.88. The van der Waals surface area contributed by atoms with Crippen molar-refractivity contribution in [1.29, 1.82) is 0 Å². The van der Waals surface area contributed by atoms with Crippen molar-refractivity contribution in [3.63, 3.8) is 0 Å². The molecule has 2 heterocycles. The number of anilines is 2. The van der Waals surface area contributed by atoms with Gasteiger partial charge in [-0.25, -0.2) is 4.98 Å². The smallest absolute Gasteiger partial charge is 0.268 e.